The number of hydrogen-bond acceptors (Lipinski definition) is 3. The zero-order valence-corrected chi connectivity index (χ0v) is 13.0. The predicted octanol–water partition coefficient (Wildman–Crippen LogP) is 3.07. The van der Waals surface area contributed by atoms with Crippen LogP contribution in [0.3, 0.4) is 0 Å². The maximum atomic E-state index is 12.1. The number of anilines is 1. The third-order valence-electron chi connectivity index (χ3n) is 2.35. The number of aryl methyl sites for hydroxylation is 1. The topological polar surface area (TPSA) is 70.7 Å². The highest BCUT2D eigenvalue weighted by molar-refractivity contribution is 9.11. The zero-order valence-electron chi connectivity index (χ0n) is 9.82. The van der Waals surface area contributed by atoms with E-state index in [9.17, 15) is 4.79 Å². The highest BCUT2D eigenvalue weighted by atomic mass is 79.9. The largest absolute Gasteiger partial charge is 0.304 e. The van der Waals surface area contributed by atoms with Crippen molar-refractivity contribution in [2.75, 3.05) is 5.32 Å². The van der Waals surface area contributed by atoms with Crippen molar-refractivity contribution in [2.24, 2.45) is 7.05 Å². The predicted molar refractivity (Wildman–Crippen MR) is 77.7 cm³/mol. The highest BCUT2D eigenvalue weighted by Crippen LogP contribution is 2.23. The molecule has 1 amide bonds. The van der Waals surface area contributed by atoms with Gasteiger partial charge in [-0.25, -0.2) is 0 Å². The van der Waals surface area contributed by atoms with Gasteiger partial charge in [-0.2, -0.15) is 10.4 Å². The van der Waals surface area contributed by atoms with Crippen molar-refractivity contribution in [3.8, 4) is 6.07 Å². The lowest BCUT2D eigenvalue weighted by atomic mass is 10.2. The van der Waals surface area contributed by atoms with Crippen LogP contribution in [0.2, 0.25) is 0 Å². The Morgan fingerprint density at radius 1 is 1.47 bits per heavy atom. The van der Waals surface area contributed by atoms with Gasteiger partial charge in [0.2, 0.25) is 0 Å². The van der Waals surface area contributed by atoms with Crippen LogP contribution in [0.5, 0.6) is 0 Å². The van der Waals surface area contributed by atoms with Crippen LogP contribution in [0.25, 0.3) is 0 Å². The molecule has 0 radical (unpaired) electrons. The molecule has 0 aliphatic heterocycles. The molecule has 7 heteroatoms. The van der Waals surface area contributed by atoms with Crippen molar-refractivity contribution >= 4 is 43.6 Å². The van der Waals surface area contributed by atoms with E-state index in [1.807, 2.05) is 12.1 Å². The molecule has 19 heavy (non-hydrogen) atoms. The molecule has 2 aromatic rings. The molecule has 0 unspecified atom stereocenters. The van der Waals surface area contributed by atoms with Crippen LogP contribution in [0.15, 0.2) is 33.3 Å². The van der Waals surface area contributed by atoms with Gasteiger partial charge in [0.25, 0.3) is 5.91 Å². The molecule has 5 nitrogen and oxygen atoms in total. The van der Waals surface area contributed by atoms with E-state index in [0.29, 0.717) is 15.6 Å². The Morgan fingerprint density at radius 3 is 2.89 bits per heavy atom. The van der Waals surface area contributed by atoms with Crippen LogP contribution in [0, 0.1) is 11.3 Å². The number of aromatic nitrogens is 2. The molecule has 0 fully saturated rings. The van der Waals surface area contributed by atoms with Crippen molar-refractivity contribution in [3.63, 3.8) is 0 Å². The van der Waals surface area contributed by atoms with E-state index in [-0.39, 0.29) is 11.7 Å². The Hall–Kier alpha value is -1.65. The number of hydrogen-bond donors (Lipinski definition) is 1. The van der Waals surface area contributed by atoms with E-state index in [1.54, 1.807) is 25.4 Å². The molecule has 0 saturated carbocycles. The lowest BCUT2D eigenvalue weighted by Gasteiger charge is -2.05. The first-order valence-electron chi connectivity index (χ1n) is 5.21. The van der Waals surface area contributed by atoms with Gasteiger partial charge in [0.15, 0.2) is 5.82 Å². The first-order valence-corrected chi connectivity index (χ1v) is 6.80. The standard InChI is InChI=1S/C12H8Br2N4O/c1-18-6-7(5-15)11(17-18)16-12(19)9-4-8(13)2-3-10(9)14/h2-4,6H,1H3,(H,16,17,19). The van der Waals surface area contributed by atoms with E-state index >= 15 is 0 Å². The number of nitriles is 1. The summed E-state index contributed by atoms with van der Waals surface area (Å²) in [5.74, 6) is -0.0785. The van der Waals surface area contributed by atoms with Crippen LogP contribution in [-0.4, -0.2) is 15.7 Å². The Kier molecular flexibility index (Phi) is 4.02. The van der Waals surface area contributed by atoms with Crippen LogP contribution in [-0.2, 0) is 7.05 Å². The van der Waals surface area contributed by atoms with Gasteiger partial charge in [0, 0.05) is 22.2 Å². The number of benzene rings is 1. The maximum Gasteiger partial charge on any atom is 0.258 e. The Bertz CT molecular complexity index is 688. The first-order chi connectivity index (χ1) is 9.01. The van der Waals surface area contributed by atoms with Gasteiger partial charge in [-0.15, -0.1) is 0 Å². The molecular weight excluding hydrogens is 376 g/mol. The summed E-state index contributed by atoms with van der Waals surface area (Å²) in [6.45, 7) is 0. The molecular formula is C12H8Br2N4O. The number of halogens is 2. The minimum Gasteiger partial charge on any atom is -0.304 e. The second-order valence-electron chi connectivity index (χ2n) is 3.76. The lowest BCUT2D eigenvalue weighted by Crippen LogP contribution is -2.14. The number of carbonyl (C=O) groups is 1. The fourth-order valence-corrected chi connectivity index (χ4v) is 2.30. The molecule has 0 atom stereocenters. The van der Waals surface area contributed by atoms with Crippen molar-refractivity contribution in [3.05, 3.63) is 44.5 Å². The van der Waals surface area contributed by atoms with E-state index in [4.69, 9.17) is 5.26 Å². The van der Waals surface area contributed by atoms with Gasteiger partial charge >= 0.3 is 0 Å². The zero-order chi connectivity index (χ0) is 14.0. The van der Waals surface area contributed by atoms with E-state index in [1.165, 1.54) is 4.68 Å². The molecule has 1 aromatic carbocycles. The summed E-state index contributed by atoms with van der Waals surface area (Å²) in [4.78, 5) is 12.1. The molecule has 2 rings (SSSR count). The Morgan fingerprint density at radius 2 is 2.21 bits per heavy atom. The summed E-state index contributed by atoms with van der Waals surface area (Å²) in [6, 6.07) is 7.26. The summed E-state index contributed by atoms with van der Waals surface area (Å²) in [7, 11) is 1.69. The molecule has 1 heterocycles. The molecule has 1 N–H and O–H groups in total. The van der Waals surface area contributed by atoms with Crippen LogP contribution in [0.4, 0.5) is 5.82 Å². The van der Waals surface area contributed by atoms with Gasteiger partial charge in [-0.1, -0.05) is 15.9 Å². The highest BCUT2D eigenvalue weighted by Gasteiger charge is 2.15. The molecule has 0 bridgehead atoms. The van der Waals surface area contributed by atoms with Crippen molar-refractivity contribution in [2.45, 2.75) is 0 Å². The van der Waals surface area contributed by atoms with Crippen molar-refractivity contribution in [1.29, 1.82) is 5.26 Å². The second-order valence-corrected chi connectivity index (χ2v) is 5.53. The van der Waals surface area contributed by atoms with Gasteiger partial charge < -0.3 is 5.32 Å². The van der Waals surface area contributed by atoms with Gasteiger partial charge in [0.1, 0.15) is 11.6 Å². The first kappa shape index (κ1) is 13.8. The minimum absolute atomic E-state index is 0.252. The number of nitrogens with zero attached hydrogens (tertiary/aromatic N) is 3. The fourth-order valence-electron chi connectivity index (χ4n) is 1.51. The quantitative estimate of drug-likeness (QED) is 0.866. The summed E-state index contributed by atoms with van der Waals surface area (Å²) in [5, 5.41) is 15.6. The molecule has 96 valence electrons. The molecule has 0 aliphatic rings. The smallest absolute Gasteiger partial charge is 0.258 e. The van der Waals surface area contributed by atoms with Crippen LogP contribution in [0.1, 0.15) is 15.9 Å². The summed E-state index contributed by atoms with van der Waals surface area (Å²) in [6.07, 6.45) is 1.55. The SMILES string of the molecule is Cn1cc(C#N)c(NC(=O)c2cc(Br)ccc2Br)n1. The van der Waals surface area contributed by atoms with Gasteiger partial charge in [0.05, 0.1) is 5.56 Å². The van der Waals surface area contributed by atoms with E-state index in [0.717, 1.165) is 4.47 Å². The Balaban J connectivity index is 2.31. The number of rotatable bonds is 2. The minimum atomic E-state index is -0.330. The summed E-state index contributed by atoms with van der Waals surface area (Å²) < 4.78 is 2.94. The summed E-state index contributed by atoms with van der Waals surface area (Å²) >= 11 is 6.62. The van der Waals surface area contributed by atoms with Crippen molar-refractivity contribution in [1.82, 2.24) is 9.78 Å². The average Bonchev–Trinajstić information content (AvgIpc) is 2.72. The monoisotopic (exact) mass is 382 g/mol. The van der Waals surface area contributed by atoms with Crippen LogP contribution >= 0.6 is 31.9 Å². The van der Waals surface area contributed by atoms with E-state index in [2.05, 4.69) is 42.3 Å². The fraction of sp³-hybridized carbons (Fsp3) is 0.0833. The normalized spacial score (nSPS) is 10.0. The number of carbonyl (C=O) groups excluding carboxylic acids is 1. The Labute approximate surface area is 126 Å². The third kappa shape index (κ3) is 3.03. The van der Waals surface area contributed by atoms with E-state index < -0.39 is 0 Å². The molecule has 1 aromatic heterocycles. The van der Waals surface area contributed by atoms with Crippen molar-refractivity contribution < 1.29 is 4.79 Å². The van der Waals surface area contributed by atoms with Crippen LogP contribution < -0.4 is 5.32 Å². The molecule has 0 saturated heterocycles. The molecule has 0 aliphatic carbocycles. The van der Waals surface area contributed by atoms with Gasteiger partial charge in [-0.3, -0.25) is 9.48 Å². The lowest BCUT2D eigenvalue weighted by molar-refractivity contribution is 0.102. The second kappa shape index (κ2) is 5.55. The average molecular weight is 384 g/mol. The summed E-state index contributed by atoms with van der Waals surface area (Å²) in [5.41, 5.74) is 0.783. The maximum absolute atomic E-state index is 12.1. The number of nitrogens with one attached hydrogen (secondary N) is 1. The van der Waals surface area contributed by atoms with Gasteiger partial charge in [-0.05, 0) is 34.1 Å². The molecule has 0 spiro atoms. The number of amides is 1. The third-order valence-corrected chi connectivity index (χ3v) is 3.54.